The largest absolute Gasteiger partial charge is 0.480 e. The standard InChI is InChI=1S/C15H29N5O5S/c1-8(19-14(23)10(17)5-3-4-6-16)12(21)18-9(2)13(22)20-11(7-26)15(24)25/h8-11,26H,3-7,16-17H2,1-2H3,(H,18,21)(H,19,23)(H,20,22)(H,24,25). The van der Waals surface area contributed by atoms with E-state index in [2.05, 4.69) is 28.6 Å². The summed E-state index contributed by atoms with van der Waals surface area (Å²) in [5.74, 6) is -3.04. The lowest BCUT2D eigenvalue weighted by Gasteiger charge is -2.21. The number of aliphatic carboxylic acids is 1. The molecule has 3 amide bonds. The fourth-order valence-electron chi connectivity index (χ4n) is 1.91. The first kappa shape index (κ1) is 24.1. The van der Waals surface area contributed by atoms with Crippen molar-refractivity contribution in [1.29, 1.82) is 0 Å². The van der Waals surface area contributed by atoms with Gasteiger partial charge < -0.3 is 32.5 Å². The van der Waals surface area contributed by atoms with Crippen LogP contribution >= 0.6 is 12.6 Å². The first-order valence-corrected chi connectivity index (χ1v) is 8.97. The zero-order valence-corrected chi connectivity index (χ0v) is 15.9. The molecule has 10 nitrogen and oxygen atoms in total. The summed E-state index contributed by atoms with van der Waals surface area (Å²) >= 11 is 3.84. The van der Waals surface area contributed by atoms with Gasteiger partial charge in [0.2, 0.25) is 17.7 Å². The lowest BCUT2D eigenvalue weighted by molar-refractivity contribution is -0.141. The predicted octanol–water partition coefficient (Wildman–Crippen LogP) is -2.05. The van der Waals surface area contributed by atoms with Crippen LogP contribution in [0.5, 0.6) is 0 Å². The number of carbonyl (C=O) groups excluding carboxylic acids is 3. The van der Waals surface area contributed by atoms with Crippen molar-refractivity contribution in [2.45, 2.75) is 57.3 Å². The quantitative estimate of drug-likeness (QED) is 0.148. The molecule has 0 rings (SSSR count). The molecule has 8 N–H and O–H groups in total. The van der Waals surface area contributed by atoms with Crippen molar-refractivity contribution in [2.75, 3.05) is 12.3 Å². The van der Waals surface area contributed by atoms with Crippen molar-refractivity contribution in [3.63, 3.8) is 0 Å². The highest BCUT2D eigenvalue weighted by molar-refractivity contribution is 7.80. The van der Waals surface area contributed by atoms with Crippen LogP contribution in [0.15, 0.2) is 0 Å². The number of carboxylic acid groups (broad SMARTS) is 1. The molecule has 150 valence electrons. The lowest BCUT2D eigenvalue weighted by Crippen LogP contribution is -2.55. The highest BCUT2D eigenvalue weighted by atomic mass is 32.1. The lowest BCUT2D eigenvalue weighted by atomic mass is 10.1. The van der Waals surface area contributed by atoms with Gasteiger partial charge in [0, 0.05) is 5.75 Å². The zero-order valence-electron chi connectivity index (χ0n) is 15.0. The minimum Gasteiger partial charge on any atom is -0.480 e. The molecule has 0 aliphatic carbocycles. The maximum Gasteiger partial charge on any atom is 0.327 e. The van der Waals surface area contributed by atoms with E-state index in [9.17, 15) is 19.2 Å². The van der Waals surface area contributed by atoms with Gasteiger partial charge in [-0.3, -0.25) is 14.4 Å². The van der Waals surface area contributed by atoms with Gasteiger partial charge in [0.1, 0.15) is 18.1 Å². The number of amides is 3. The van der Waals surface area contributed by atoms with E-state index in [-0.39, 0.29) is 5.75 Å². The third kappa shape index (κ3) is 9.02. The number of thiol groups is 1. The number of hydrogen-bond donors (Lipinski definition) is 7. The smallest absolute Gasteiger partial charge is 0.327 e. The van der Waals surface area contributed by atoms with E-state index < -0.39 is 47.9 Å². The number of rotatable bonds is 12. The summed E-state index contributed by atoms with van der Waals surface area (Å²) in [7, 11) is 0. The van der Waals surface area contributed by atoms with Crippen LogP contribution in [0.4, 0.5) is 0 Å². The highest BCUT2D eigenvalue weighted by Crippen LogP contribution is 1.99. The van der Waals surface area contributed by atoms with Crippen molar-refractivity contribution in [3.8, 4) is 0 Å². The third-order valence-electron chi connectivity index (χ3n) is 3.61. The van der Waals surface area contributed by atoms with Crippen molar-refractivity contribution in [2.24, 2.45) is 11.5 Å². The molecule has 0 aliphatic rings. The average molecular weight is 391 g/mol. The van der Waals surface area contributed by atoms with E-state index in [0.717, 1.165) is 6.42 Å². The van der Waals surface area contributed by atoms with Crippen LogP contribution < -0.4 is 27.4 Å². The molecule has 0 aromatic carbocycles. The second-order valence-electron chi connectivity index (χ2n) is 5.93. The number of nitrogens with two attached hydrogens (primary N) is 2. The van der Waals surface area contributed by atoms with Gasteiger partial charge in [-0.1, -0.05) is 6.42 Å². The average Bonchev–Trinajstić information content (AvgIpc) is 2.58. The molecule has 0 saturated heterocycles. The Morgan fingerprint density at radius 2 is 1.46 bits per heavy atom. The van der Waals surface area contributed by atoms with E-state index in [4.69, 9.17) is 16.6 Å². The summed E-state index contributed by atoms with van der Waals surface area (Å²) < 4.78 is 0. The first-order chi connectivity index (χ1) is 12.1. The molecule has 11 heteroatoms. The van der Waals surface area contributed by atoms with Crippen molar-refractivity contribution in [3.05, 3.63) is 0 Å². The van der Waals surface area contributed by atoms with Gasteiger partial charge in [0.05, 0.1) is 6.04 Å². The Labute approximate surface area is 158 Å². The van der Waals surface area contributed by atoms with E-state index in [1.165, 1.54) is 13.8 Å². The normalized spacial score (nSPS) is 15.3. The molecule has 0 aromatic rings. The molecule has 0 spiro atoms. The maximum absolute atomic E-state index is 12.1. The van der Waals surface area contributed by atoms with E-state index in [1.54, 1.807) is 0 Å². The molecule has 4 atom stereocenters. The first-order valence-electron chi connectivity index (χ1n) is 8.34. The van der Waals surface area contributed by atoms with Crippen LogP contribution in [0.25, 0.3) is 0 Å². The monoisotopic (exact) mass is 391 g/mol. The Bertz CT molecular complexity index is 505. The third-order valence-corrected chi connectivity index (χ3v) is 3.97. The number of hydrogen-bond acceptors (Lipinski definition) is 7. The van der Waals surface area contributed by atoms with Crippen LogP contribution in [0.3, 0.4) is 0 Å². The Morgan fingerprint density at radius 3 is 1.92 bits per heavy atom. The van der Waals surface area contributed by atoms with Crippen molar-refractivity contribution >= 4 is 36.3 Å². The number of unbranched alkanes of at least 4 members (excludes halogenated alkanes) is 1. The number of carbonyl (C=O) groups is 4. The van der Waals surface area contributed by atoms with E-state index in [1.807, 2.05) is 0 Å². The minimum absolute atomic E-state index is 0.0871. The van der Waals surface area contributed by atoms with Gasteiger partial charge in [-0.15, -0.1) is 0 Å². The molecule has 0 aliphatic heterocycles. The summed E-state index contributed by atoms with van der Waals surface area (Å²) in [4.78, 5) is 46.8. The van der Waals surface area contributed by atoms with Crippen LogP contribution in [0.2, 0.25) is 0 Å². The molecular formula is C15H29N5O5S. The van der Waals surface area contributed by atoms with E-state index >= 15 is 0 Å². The number of nitrogens with one attached hydrogen (secondary N) is 3. The summed E-state index contributed by atoms with van der Waals surface area (Å²) in [5, 5.41) is 16.0. The Morgan fingerprint density at radius 1 is 0.962 bits per heavy atom. The van der Waals surface area contributed by atoms with Crippen LogP contribution in [-0.2, 0) is 19.2 Å². The molecule has 4 unspecified atom stereocenters. The second-order valence-corrected chi connectivity index (χ2v) is 6.30. The summed E-state index contributed by atoms with van der Waals surface area (Å²) in [6.45, 7) is 3.37. The summed E-state index contributed by atoms with van der Waals surface area (Å²) in [5.41, 5.74) is 11.1. The van der Waals surface area contributed by atoms with Gasteiger partial charge in [0.25, 0.3) is 0 Å². The van der Waals surface area contributed by atoms with Crippen LogP contribution in [-0.4, -0.2) is 65.3 Å². The second kappa shape index (κ2) is 12.5. The van der Waals surface area contributed by atoms with Crippen LogP contribution in [0.1, 0.15) is 33.1 Å². The molecule has 0 fully saturated rings. The topological polar surface area (TPSA) is 177 Å². The van der Waals surface area contributed by atoms with Crippen LogP contribution in [0, 0.1) is 0 Å². The molecule has 0 heterocycles. The molecule has 0 saturated carbocycles. The van der Waals surface area contributed by atoms with Crippen molar-refractivity contribution < 1.29 is 24.3 Å². The molecule has 0 radical (unpaired) electrons. The summed E-state index contributed by atoms with van der Waals surface area (Å²) in [6.07, 6.45) is 1.92. The summed E-state index contributed by atoms with van der Waals surface area (Å²) in [6, 6.07) is -3.79. The maximum atomic E-state index is 12.1. The van der Waals surface area contributed by atoms with Gasteiger partial charge in [0.15, 0.2) is 0 Å². The SMILES string of the molecule is CC(NC(=O)C(N)CCCCN)C(=O)NC(C)C(=O)NC(CS)C(=O)O. The highest BCUT2D eigenvalue weighted by Gasteiger charge is 2.25. The Balaban J connectivity index is 4.45. The predicted molar refractivity (Wildman–Crippen MR) is 99.5 cm³/mol. The Kier molecular flexibility index (Phi) is 11.6. The fraction of sp³-hybridized carbons (Fsp3) is 0.733. The van der Waals surface area contributed by atoms with Gasteiger partial charge >= 0.3 is 5.97 Å². The fourth-order valence-corrected chi connectivity index (χ4v) is 2.16. The zero-order chi connectivity index (χ0) is 20.3. The van der Waals surface area contributed by atoms with Gasteiger partial charge in [-0.05, 0) is 33.2 Å². The molecule has 0 aromatic heterocycles. The molecule has 0 bridgehead atoms. The number of carboxylic acids is 1. The van der Waals surface area contributed by atoms with Crippen molar-refractivity contribution in [1.82, 2.24) is 16.0 Å². The minimum atomic E-state index is -1.23. The Hall–Kier alpha value is -1.85. The van der Waals surface area contributed by atoms with Gasteiger partial charge in [-0.25, -0.2) is 4.79 Å². The van der Waals surface area contributed by atoms with Gasteiger partial charge in [-0.2, -0.15) is 12.6 Å². The molecule has 26 heavy (non-hydrogen) atoms. The van der Waals surface area contributed by atoms with E-state index in [0.29, 0.717) is 19.4 Å². The molecular weight excluding hydrogens is 362 g/mol.